The SMILES string of the molecule is CC(C)COc1ncccc1CC=O. The molecule has 0 unspecified atom stereocenters. The molecule has 0 saturated heterocycles. The number of ether oxygens (including phenoxy) is 1. The molecule has 0 radical (unpaired) electrons. The third-order valence-corrected chi connectivity index (χ3v) is 1.71. The predicted octanol–water partition coefficient (Wildman–Crippen LogP) is 1.86. The Morgan fingerprint density at radius 3 is 3.00 bits per heavy atom. The molecule has 14 heavy (non-hydrogen) atoms. The highest BCUT2D eigenvalue weighted by molar-refractivity contribution is 5.56. The van der Waals surface area contributed by atoms with E-state index in [-0.39, 0.29) is 0 Å². The standard InChI is InChI=1S/C11H15NO2/c1-9(2)8-14-11-10(5-7-13)4-3-6-12-11/h3-4,6-7,9H,5,8H2,1-2H3. The van der Waals surface area contributed by atoms with Gasteiger partial charge in [-0.05, 0) is 12.0 Å². The van der Waals surface area contributed by atoms with Crippen LogP contribution < -0.4 is 4.74 Å². The Morgan fingerprint density at radius 2 is 2.36 bits per heavy atom. The van der Waals surface area contributed by atoms with E-state index in [2.05, 4.69) is 18.8 Å². The Morgan fingerprint density at radius 1 is 1.57 bits per heavy atom. The summed E-state index contributed by atoms with van der Waals surface area (Å²) < 4.78 is 5.48. The summed E-state index contributed by atoms with van der Waals surface area (Å²) in [6.45, 7) is 4.77. The van der Waals surface area contributed by atoms with Gasteiger partial charge in [-0.15, -0.1) is 0 Å². The van der Waals surface area contributed by atoms with Crippen molar-refractivity contribution in [2.75, 3.05) is 6.61 Å². The molecule has 76 valence electrons. The first-order chi connectivity index (χ1) is 6.74. The Labute approximate surface area is 84.1 Å². The fraction of sp³-hybridized carbons (Fsp3) is 0.455. The van der Waals surface area contributed by atoms with Gasteiger partial charge in [0.05, 0.1) is 6.61 Å². The van der Waals surface area contributed by atoms with Crippen LogP contribution in [0.3, 0.4) is 0 Å². The van der Waals surface area contributed by atoms with E-state index in [1.165, 1.54) is 0 Å². The minimum Gasteiger partial charge on any atom is -0.477 e. The summed E-state index contributed by atoms with van der Waals surface area (Å²) in [6, 6.07) is 3.66. The number of pyridine rings is 1. The minimum absolute atomic E-state index is 0.362. The van der Waals surface area contributed by atoms with Gasteiger partial charge in [0.1, 0.15) is 6.29 Å². The molecule has 1 rings (SSSR count). The van der Waals surface area contributed by atoms with Crippen molar-refractivity contribution in [2.24, 2.45) is 5.92 Å². The maximum Gasteiger partial charge on any atom is 0.216 e. The lowest BCUT2D eigenvalue weighted by atomic mass is 10.2. The van der Waals surface area contributed by atoms with Gasteiger partial charge in [0.15, 0.2) is 0 Å². The van der Waals surface area contributed by atoms with Crippen molar-refractivity contribution in [2.45, 2.75) is 20.3 Å². The van der Waals surface area contributed by atoms with Crippen molar-refractivity contribution in [3.05, 3.63) is 23.9 Å². The molecule has 1 aromatic heterocycles. The van der Waals surface area contributed by atoms with Crippen LogP contribution in [-0.4, -0.2) is 17.9 Å². The van der Waals surface area contributed by atoms with Crippen molar-refractivity contribution >= 4 is 6.29 Å². The van der Waals surface area contributed by atoms with Crippen molar-refractivity contribution < 1.29 is 9.53 Å². The topological polar surface area (TPSA) is 39.2 Å². The van der Waals surface area contributed by atoms with Crippen molar-refractivity contribution in [1.29, 1.82) is 0 Å². The molecule has 0 saturated carbocycles. The van der Waals surface area contributed by atoms with Gasteiger partial charge in [0, 0.05) is 18.2 Å². The van der Waals surface area contributed by atoms with Gasteiger partial charge >= 0.3 is 0 Å². The number of hydrogen-bond donors (Lipinski definition) is 0. The molecule has 0 bridgehead atoms. The average molecular weight is 193 g/mol. The number of carbonyl (C=O) groups excluding carboxylic acids is 1. The van der Waals surface area contributed by atoms with Crippen LogP contribution in [0.5, 0.6) is 5.88 Å². The van der Waals surface area contributed by atoms with Crippen molar-refractivity contribution in [3.8, 4) is 5.88 Å². The van der Waals surface area contributed by atoms with Crippen LogP contribution in [0.4, 0.5) is 0 Å². The molecule has 0 aliphatic rings. The fourth-order valence-corrected chi connectivity index (χ4v) is 1.04. The maximum atomic E-state index is 10.4. The molecule has 0 spiro atoms. The fourth-order valence-electron chi connectivity index (χ4n) is 1.04. The largest absolute Gasteiger partial charge is 0.477 e. The van der Waals surface area contributed by atoms with Gasteiger partial charge in [0.25, 0.3) is 0 Å². The summed E-state index contributed by atoms with van der Waals surface area (Å²) in [5.74, 6) is 1.04. The maximum absolute atomic E-state index is 10.4. The Bertz CT molecular complexity index is 297. The van der Waals surface area contributed by atoms with Crippen molar-refractivity contribution in [1.82, 2.24) is 4.98 Å². The van der Waals surface area contributed by atoms with E-state index < -0.39 is 0 Å². The monoisotopic (exact) mass is 193 g/mol. The summed E-state index contributed by atoms with van der Waals surface area (Å²) in [4.78, 5) is 14.5. The average Bonchev–Trinajstić information content (AvgIpc) is 2.17. The van der Waals surface area contributed by atoms with Crippen LogP contribution >= 0.6 is 0 Å². The smallest absolute Gasteiger partial charge is 0.216 e. The Balaban J connectivity index is 2.68. The highest BCUT2D eigenvalue weighted by atomic mass is 16.5. The molecule has 3 nitrogen and oxygen atoms in total. The van der Waals surface area contributed by atoms with Gasteiger partial charge in [-0.2, -0.15) is 0 Å². The second-order valence-corrected chi connectivity index (χ2v) is 3.54. The molecule has 0 atom stereocenters. The van der Waals surface area contributed by atoms with Gasteiger partial charge in [-0.3, -0.25) is 0 Å². The number of nitrogens with zero attached hydrogens (tertiary/aromatic N) is 1. The van der Waals surface area contributed by atoms with Crippen LogP contribution in [0.25, 0.3) is 0 Å². The van der Waals surface area contributed by atoms with E-state index in [9.17, 15) is 4.79 Å². The predicted molar refractivity (Wildman–Crippen MR) is 54.3 cm³/mol. The lowest BCUT2D eigenvalue weighted by Gasteiger charge is -2.09. The number of aromatic nitrogens is 1. The van der Waals surface area contributed by atoms with Crippen LogP contribution in [0, 0.1) is 5.92 Å². The Kier molecular flexibility index (Phi) is 4.11. The number of aldehydes is 1. The zero-order valence-corrected chi connectivity index (χ0v) is 8.56. The van der Waals surface area contributed by atoms with Crippen LogP contribution in [0.15, 0.2) is 18.3 Å². The molecular weight excluding hydrogens is 178 g/mol. The minimum atomic E-state index is 0.362. The molecule has 1 heterocycles. The van der Waals surface area contributed by atoms with Gasteiger partial charge < -0.3 is 9.53 Å². The molecule has 3 heteroatoms. The first-order valence-electron chi connectivity index (χ1n) is 4.74. The molecule has 0 N–H and O–H groups in total. The highest BCUT2D eigenvalue weighted by Gasteiger charge is 2.04. The van der Waals surface area contributed by atoms with E-state index in [0.29, 0.717) is 24.8 Å². The van der Waals surface area contributed by atoms with E-state index >= 15 is 0 Å². The van der Waals surface area contributed by atoms with Crippen molar-refractivity contribution in [3.63, 3.8) is 0 Å². The molecule has 0 aromatic carbocycles. The summed E-state index contributed by atoms with van der Waals surface area (Å²) in [6.07, 6.45) is 2.89. The van der Waals surface area contributed by atoms with E-state index in [1.54, 1.807) is 12.3 Å². The number of hydrogen-bond acceptors (Lipinski definition) is 3. The Hall–Kier alpha value is -1.38. The van der Waals surface area contributed by atoms with E-state index in [4.69, 9.17) is 4.74 Å². The van der Waals surface area contributed by atoms with Gasteiger partial charge in [0.2, 0.25) is 5.88 Å². The molecule has 0 aliphatic heterocycles. The number of carbonyl (C=O) groups is 1. The first-order valence-corrected chi connectivity index (χ1v) is 4.74. The highest BCUT2D eigenvalue weighted by Crippen LogP contribution is 2.14. The summed E-state index contributed by atoms with van der Waals surface area (Å²) in [5, 5.41) is 0. The van der Waals surface area contributed by atoms with Crippen LogP contribution in [-0.2, 0) is 11.2 Å². The van der Waals surface area contributed by atoms with Gasteiger partial charge in [-0.1, -0.05) is 19.9 Å². The molecule has 0 aliphatic carbocycles. The van der Waals surface area contributed by atoms with E-state index in [1.807, 2.05) is 6.07 Å². The first kappa shape index (κ1) is 10.7. The quantitative estimate of drug-likeness (QED) is 0.670. The molecule has 1 aromatic rings. The van der Waals surface area contributed by atoms with Crippen LogP contribution in [0.1, 0.15) is 19.4 Å². The molecular formula is C11H15NO2. The lowest BCUT2D eigenvalue weighted by molar-refractivity contribution is -0.107. The summed E-state index contributed by atoms with van der Waals surface area (Å²) in [7, 11) is 0. The third-order valence-electron chi connectivity index (χ3n) is 1.71. The molecule has 0 amide bonds. The third kappa shape index (κ3) is 3.17. The van der Waals surface area contributed by atoms with Crippen LogP contribution in [0.2, 0.25) is 0 Å². The van der Waals surface area contributed by atoms with Gasteiger partial charge in [-0.25, -0.2) is 4.98 Å². The lowest BCUT2D eigenvalue weighted by Crippen LogP contribution is -2.07. The van der Waals surface area contributed by atoms with E-state index in [0.717, 1.165) is 11.8 Å². The number of rotatable bonds is 5. The second kappa shape index (κ2) is 5.37. The summed E-state index contributed by atoms with van der Waals surface area (Å²) >= 11 is 0. The molecule has 0 fully saturated rings. The summed E-state index contributed by atoms with van der Waals surface area (Å²) in [5.41, 5.74) is 0.850. The second-order valence-electron chi connectivity index (χ2n) is 3.54. The normalized spacial score (nSPS) is 10.2. The zero-order valence-electron chi connectivity index (χ0n) is 8.56. The zero-order chi connectivity index (χ0) is 10.4.